The van der Waals surface area contributed by atoms with Crippen LogP contribution in [0.5, 0.6) is 0 Å². The topological polar surface area (TPSA) is 46.2 Å². The van der Waals surface area contributed by atoms with Gasteiger partial charge >= 0.3 is 0 Å². The summed E-state index contributed by atoms with van der Waals surface area (Å²) in [5, 5.41) is 9.87. The van der Waals surface area contributed by atoms with Gasteiger partial charge in [-0.05, 0) is 37.3 Å². The molecule has 0 fully saturated rings. The summed E-state index contributed by atoms with van der Waals surface area (Å²) >= 11 is 0. The summed E-state index contributed by atoms with van der Waals surface area (Å²) < 4.78 is 0. The molecule has 2 unspecified atom stereocenters. The van der Waals surface area contributed by atoms with Gasteiger partial charge in [0.15, 0.2) is 0 Å². The monoisotopic (exact) mass is 205 g/mol. The number of fused-ring (bicyclic) bond motifs is 1. The van der Waals surface area contributed by atoms with Gasteiger partial charge in [-0.15, -0.1) is 0 Å². The van der Waals surface area contributed by atoms with E-state index in [0.29, 0.717) is 6.54 Å². The second-order valence-corrected chi connectivity index (χ2v) is 4.69. The summed E-state index contributed by atoms with van der Waals surface area (Å²) in [5.74, 6) is 0. The highest BCUT2D eigenvalue weighted by Crippen LogP contribution is 2.37. The molecule has 15 heavy (non-hydrogen) atoms. The number of aliphatic hydroxyl groups excluding tert-OH is 1. The molecule has 1 aromatic rings. The van der Waals surface area contributed by atoms with Gasteiger partial charge in [0.2, 0.25) is 0 Å². The lowest BCUT2D eigenvalue weighted by Crippen LogP contribution is -2.44. The molecule has 0 radical (unpaired) electrons. The molecule has 3 N–H and O–H groups in total. The fraction of sp³-hybridized carbons (Fsp3) is 0.538. The minimum Gasteiger partial charge on any atom is -0.393 e. The quantitative estimate of drug-likeness (QED) is 0.768. The minimum absolute atomic E-state index is 0.103. The van der Waals surface area contributed by atoms with E-state index < -0.39 is 0 Å². The lowest BCUT2D eigenvalue weighted by Gasteiger charge is -2.39. The third kappa shape index (κ3) is 1.80. The predicted octanol–water partition coefficient (Wildman–Crippen LogP) is 1.50. The molecule has 2 rings (SSSR count). The largest absolute Gasteiger partial charge is 0.393 e. The van der Waals surface area contributed by atoms with E-state index in [2.05, 4.69) is 24.3 Å². The summed E-state index contributed by atoms with van der Waals surface area (Å²) in [6.07, 6.45) is 2.63. The van der Waals surface area contributed by atoms with Gasteiger partial charge in [-0.1, -0.05) is 24.3 Å². The van der Waals surface area contributed by atoms with Crippen molar-refractivity contribution < 1.29 is 5.11 Å². The van der Waals surface area contributed by atoms with Crippen molar-refractivity contribution in [3.8, 4) is 0 Å². The molecule has 2 atom stereocenters. The van der Waals surface area contributed by atoms with Crippen molar-refractivity contribution in [2.45, 2.75) is 32.3 Å². The fourth-order valence-electron chi connectivity index (χ4n) is 2.53. The first-order valence-electron chi connectivity index (χ1n) is 5.63. The van der Waals surface area contributed by atoms with Crippen LogP contribution in [0.4, 0.5) is 0 Å². The first-order chi connectivity index (χ1) is 7.18. The highest BCUT2D eigenvalue weighted by atomic mass is 16.3. The van der Waals surface area contributed by atoms with Crippen molar-refractivity contribution in [3.05, 3.63) is 35.4 Å². The second kappa shape index (κ2) is 3.95. The average molecular weight is 205 g/mol. The zero-order valence-electron chi connectivity index (χ0n) is 9.24. The molecule has 1 aliphatic rings. The van der Waals surface area contributed by atoms with E-state index in [-0.39, 0.29) is 11.5 Å². The standard InChI is InChI=1S/C13H19NO/c1-10(15)13(9-14)7-6-11-4-2-3-5-12(11)8-13/h2-5,10,15H,6-9,14H2,1H3. The van der Waals surface area contributed by atoms with E-state index in [4.69, 9.17) is 5.73 Å². The van der Waals surface area contributed by atoms with Crippen LogP contribution in [0.2, 0.25) is 0 Å². The Morgan fingerprint density at radius 3 is 2.67 bits per heavy atom. The number of hydrogen-bond donors (Lipinski definition) is 2. The molecule has 0 saturated heterocycles. The smallest absolute Gasteiger partial charge is 0.0583 e. The van der Waals surface area contributed by atoms with Crippen LogP contribution in [0.1, 0.15) is 24.5 Å². The Hall–Kier alpha value is -0.860. The van der Waals surface area contributed by atoms with Gasteiger partial charge in [-0.25, -0.2) is 0 Å². The van der Waals surface area contributed by atoms with E-state index in [1.165, 1.54) is 11.1 Å². The lowest BCUT2D eigenvalue weighted by molar-refractivity contribution is 0.0337. The molecule has 0 heterocycles. The van der Waals surface area contributed by atoms with Gasteiger partial charge in [-0.3, -0.25) is 0 Å². The van der Waals surface area contributed by atoms with Crippen molar-refractivity contribution in [3.63, 3.8) is 0 Å². The van der Waals surface area contributed by atoms with Crippen LogP contribution in [0.3, 0.4) is 0 Å². The Morgan fingerprint density at radius 2 is 2.07 bits per heavy atom. The molecule has 2 heteroatoms. The van der Waals surface area contributed by atoms with Gasteiger partial charge in [-0.2, -0.15) is 0 Å². The van der Waals surface area contributed by atoms with Gasteiger partial charge < -0.3 is 10.8 Å². The predicted molar refractivity (Wildman–Crippen MR) is 61.6 cm³/mol. The van der Waals surface area contributed by atoms with Crippen LogP contribution in [0.15, 0.2) is 24.3 Å². The molecule has 0 saturated carbocycles. The molecule has 82 valence electrons. The molecular formula is C13H19NO. The van der Waals surface area contributed by atoms with E-state index >= 15 is 0 Å². The number of hydrogen-bond acceptors (Lipinski definition) is 2. The number of benzene rings is 1. The van der Waals surface area contributed by atoms with E-state index in [1.807, 2.05) is 6.92 Å². The summed E-state index contributed by atoms with van der Waals surface area (Å²) in [6, 6.07) is 8.48. The molecule has 0 bridgehead atoms. The van der Waals surface area contributed by atoms with Crippen molar-refractivity contribution in [2.24, 2.45) is 11.1 Å². The molecule has 0 aliphatic heterocycles. The third-order valence-electron chi connectivity index (χ3n) is 3.85. The fourth-order valence-corrected chi connectivity index (χ4v) is 2.53. The van der Waals surface area contributed by atoms with E-state index in [1.54, 1.807) is 0 Å². The summed E-state index contributed by atoms with van der Waals surface area (Å²) in [4.78, 5) is 0. The SMILES string of the molecule is CC(O)C1(CN)CCc2ccccc2C1. The number of aliphatic hydroxyl groups is 1. The molecule has 1 aromatic carbocycles. The van der Waals surface area contributed by atoms with Crippen molar-refractivity contribution in [1.82, 2.24) is 0 Å². The van der Waals surface area contributed by atoms with Crippen LogP contribution < -0.4 is 5.73 Å². The summed E-state index contributed by atoms with van der Waals surface area (Å²) in [7, 11) is 0. The van der Waals surface area contributed by atoms with Crippen LogP contribution in [-0.4, -0.2) is 17.8 Å². The highest BCUT2D eigenvalue weighted by molar-refractivity contribution is 5.31. The van der Waals surface area contributed by atoms with Crippen LogP contribution in [-0.2, 0) is 12.8 Å². The average Bonchev–Trinajstić information content (AvgIpc) is 2.28. The van der Waals surface area contributed by atoms with Gasteiger partial charge in [0, 0.05) is 12.0 Å². The number of aryl methyl sites for hydroxylation is 1. The van der Waals surface area contributed by atoms with Crippen molar-refractivity contribution >= 4 is 0 Å². The van der Waals surface area contributed by atoms with Gasteiger partial charge in [0.05, 0.1) is 6.10 Å². The Morgan fingerprint density at radius 1 is 1.40 bits per heavy atom. The second-order valence-electron chi connectivity index (χ2n) is 4.69. The normalized spacial score (nSPS) is 27.1. The van der Waals surface area contributed by atoms with Crippen molar-refractivity contribution in [2.75, 3.05) is 6.54 Å². The number of rotatable bonds is 2. The maximum absolute atomic E-state index is 9.87. The van der Waals surface area contributed by atoms with Gasteiger partial charge in [0.25, 0.3) is 0 Å². The Balaban J connectivity index is 2.31. The van der Waals surface area contributed by atoms with E-state index in [0.717, 1.165) is 19.3 Å². The third-order valence-corrected chi connectivity index (χ3v) is 3.85. The Kier molecular flexibility index (Phi) is 2.81. The Labute approximate surface area is 91.1 Å². The van der Waals surface area contributed by atoms with Gasteiger partial charge in [0.1, 0.15) is 0 Å². The van der Waals surface area contributed by atoms with Crippen LogP contribution in [0.25, 0.3) is 0 Å². The zero-order chi connectivity index (χ0) is 10.9. The zero-order valence-corrected chi connectivity index (χ0v) is 9.24. The minimum atomic E-state index is -0.323. The molecule has 0 amide bonds. The molecule has 1 aliphatic carbocycles. The summed E-state index contributed by atoms with van der Waals surface area (Å²) in [6.45, 7) is 2.43. The first-order valence-corrected chi connectivity index (χ1v) is 5.63. The van der Waals surface area contributed by atoms with Crippen molar-refractivity contribution in [1.29, 1.82) is 0 Å². The van der Waals surface area contributed by atoms with E-state index in [9.17, 15) is 5.11 Å². The molecular weight excluding hydrogens is 186 g/mol. The maximum Gasteiger partial charge on any atom is 0.0583 e. The highest BCUT2D eigenvalue weighted by Gasteiger charge is 2.37. The van der Waals surface area contributed by atoms with Crippen LogP contribution in [0, 0.1) is 5.41 Å². The number of nitrogens with two attached hydrogens (primary N) is 1. The molecule has 2 nitrogen and oxygen atoms in total. The molecule has 0 spiro atoms. The lowest BCUT2D eigenvalue weighted by atomic mass is 9.68. The first kappa shape index (κ1) is 10.7. The molecule has 0 aromatic heterocycles. The van der Waals surface area contributed by atoms with Crippen LogP contribution >= 0.6 is 0 Å². The summed E-state index contributed by atoms with van der Waals surface area (Å²) in [5.41, 5.74) is 8.51. The Bertz CT molecular complexity index is 348. The maximum atomic E-state index is 9.87.